The summed E-state index contributed by atoms with van der Waals surface area (Å²) in [5.74, 6) is 0.0401. The van der Waals surface area contributed by atoms with Crippen molar-refractivity contribution in [3.63, 3.8) is 0 Å². The summed E-state index contributed by atoms with van der Waals surface area (Å²) >= 11 is 1.15. The minimum atomic E-state index is -4.47. The molecular weight excluding hydrogens is 431 g/mol. The lowest BCUT2D eigenvalue weighted by atomic mass is 10.2. The van der Waals surface area contributed by atoms with Crippen molar-refractivity contribution in [3.8, 4) is 0 Å². The molecule has 4 rings (SSSR count). The number of carbonyl (C=O) groups is 1. The predicted octanol–water partition coefficient (Wildman–Crippen LogP) is 3.13. The first-order chi connectivity index (χ1) is 14.9. The summed E-state index contributed by atoms with van der Waals surface area (Å²) in [5.41, 5.74) is 0.654. The van der Waals surface area contributed by atoms with Gasteiger partial charge in [0.15, 0.2) is 5.16 Å². The first-order valence-electron chi connectivity index (χ1n) is 10.2. The van der Waals surface area contributed by atoms with Crippen molar-refractivity contribution in [3.05, 3.63) is 35.9 Å². The highest BCUT2D eigenvalue weighted by atomic mass is 32.2. The van der Waals surface area contributed by atoms with Crippen LogP contribution in [0.25, 0.3) is 0 Å². The Balaban J connectivity index is 1.45. The van der Waals surface area contributed by atoms with E-state index in [4.69, 9.17) is 4.74 Å². The first-order valence-corrected chi connectivity index (χ1v) is 11.2. The van der Waals surface area contributed by atoms with Gasteiger partial charge in [-0.2, -0.15) is 13.2 Å². The average Bonchev–Trinajstić information content (AvgIpc) is 3.51. The van der Waals surface area contributed by atoms with E-state index in [0.717, 1.165) is 35.5 Å². The summed E-state index contributed by atoms with van der Waals surface area (Å²) in [4.78, 5) is 15.7. The minimum absolute atomic E-state index is 0.0892. The highest BCUT2D eigenvalue weighted by Gasteiger charge is 2.35. The van der Waals surface area contributed by atoms with Crippen molar-refractivity contribution >= 4 is 23.6 Å². The summed E-state index contributed by atoms with van der Waals surface area (Å²) in [6.45, 7) is 1.29. The molecule has 0 unspecified atom stereocenters. The topological polar surface area (TPSA) is 63.5 Å². The molecule has 11 heteroatoms. The van der Waals surface area contributed by atoms with Crippen LogP contribution in [0.2, 0.25) is 0 Å². The maximum absolute atomic E-state index is 13.1. The molecule has 31 heavy (non-hydrogen) atoms. The molecule has 0 spiro atoms. The molecule has 2 fully saturated rings. The molecule has 0 N–H and O–H groups in total. The Morgan fingerprint density at radius 3 is 2.52 bits per heavy atom. The van der Waals surface area contributed by atoms with E-state index in [9.17, 15) is 18.0 Å². The Morgan fingerprint density at radius 2 is 1.87 bits per heavy atom. The van der Waals surface area contributed by atoms with Gasteiger partial charge in [0.25, 0.3) is 0 Å². The number of alkyl halides is 3. The Hall–Kier alpha value is -2.27. The quantitative estimate of drug-likeness (QED) is 0.570. The van der Waals surface area contributed by atoms with E-state index in [-0.39, 0.29) is 18.3 Å². The molecule has 2 heterocycles. The number of aromatic nitrogens is 3. The van der Waals surface area contributed by atoms with Crippen LogP contribution in [-0.2, 0) is 16.1 Å². The summed E-state index contributed by atoms with van der Waals surface area (Å²) in [6, 6.07) is 8.97. The number of anilines is 1. The van der Waals surface area contributed by atoms with Crippen LogP contribution in [0.4, 0.5) is 19.1 Å². The standard InChI is InChI=1S/C20H24F3N5O2S/c21-20(22,23)14-27(12-15-4-2-1-3-5-15)17(29)13-31-19-25-24-18(28(19)16-6-7-16)26-8-10-30-11-9-26/h1-5,16H,6-14H2. The van der Waals surface area contributed by atoms with Gasteiger partial charge < -0.3 is 14.5 Å². The molecule has 1 saturated heterocycles. The number of hydrogen-bond donors (Lipinski definition) is 0. The molecule has 0 bridgehead atoms. The zero-order valence-electron chi connectivity index (χ0n) is 16.9. The molecule has 1 aromatic heterocycles. The van der Waals surface area contributed by atoms with E-state index in [1.165, 1.54) is 0 Å². The average molecular weight is 456 g/mol. The lowest BCUT2D eigenvalue weighted by Crippen LogP contribution is -2.39. The van der Waals surface area contributed by atoms with Crippen LogP contribution in [0.3, 0.4) is 0 Å². The molecule has 2 aromatic rings. The van der Waals surface area contributed by atoms with Gasteiger partial charge in [-0.15, -0.1) is 10.2 Å². The normalized spacial score (nSPS) is 17.1. The summed E-state index contributed by atoms with van der Waals surface area (Å²) in [5, 5.41) is 9.12. The molecule has 1 saturated carbocycles. The fraction of sp³-hybridized carbons (Fsp3) is 0.550. The van der Waals surface area contributed by atoms with Crippen molar-refractivity contribution < 1.29 is 22.7 Å². The molecule has 1 aliphatic heterocycles. The van der Waals surface area contributed by atoms with Crippen LogP contribution in [0.1, 0.15) is 24.4 Å². The molecule has 168 valence electrons. The van der Waals surface area contributed by atoms with E-state index >= 15 is 0 Å². The zero-order valence-corrected chi connectivity index (χ0v) is 17.7. The third kappa shape index (κ3) is 5.91. The largest absolute Gasteiger partial charge is 0.406 e. The van der Waals surface area contributed by atoms with E-state index in [1.54, 1.807) is 30.3 Å². The number of hydrogen-bond acceptors (Lipinski definition) is 6. The van der Waals surface area contributed by atoms with Crippen molar-refractivity contribution in [2.45, 2.75) is 36.8 Å². The van der Waals surface area contributed by atoms with Gasteiger partial charge in [0.2, 0.25) is 11.9 Å². The summed E-state index contributed by atoms with van der Waals surface area (Å²) in [6.07, 6.45) is -2.46. The molecule has 2 aliphatic rings. The van der Waals surface area contributed by atoms with E-state index in [2.05, 4.69) is 15.1 Å². The first kappa shape index (κ1) is 21.9. The van der Waals surface area contributed by atoms with Gasteiger partial charge in [0, 0.05) is 25.7 Å². The van der Waals surface area contributed by atoms with Crippen LogP contribution >= 0.6 is 11.8 Å². The number of amides is 1. The Bertz CT molecular complexity index is 883. The van der Waals surface area contributed by atoms with Crippen LogP contribution in [0, 0.1) is 0 Å². The molecular formula is C20H24F3N5O2S. The van der Waals surface area contributed by atoms with Crippen molar-refractivity contribution in [2.24, 2.45) is 0 Å². The van der Waals surface area contributed by atoms with Gasteiger partial charge in [0.1, 0.15) is 6.54 Å². The van der Waals surface area contributed by atoms with E-state index < -0.39 is 18.6 Å². The van der Waals surface area contributed by atoms with Gasteiger partial charge in [-0.25, -0.2) is 0 Å². The van der Waals surface area contributed by atoms with E-state index in [0.29, 0.717) is 37.0 Å². The number of benzene rings is 1. The van der Waals surface area contributed by atoms with Crippen molar-refractivity contribution in [2.75, 3.05) is 43.5 Å². The number of carbonyl (C=O) groups excluding carboxylic acids is 1. The number of morpholine rings is 1. The van der Waals surface area contributed by atoms with Gasteiger partial charge in [0.05, 0.1) is 19.0 Å². The summed E-state index contributed by atoms with van der Waals surface area (Å²) < 4.78 is 46.6. The molecule has 0 atom stereocenters. The second-order valence-electron chi connectivity index (χ2n) is 7.62. The number of halogens is 3. The Labute approximate surface area is 182 Å². The van der Waals surface area contributed by atoms with Crippen LogP contribution in [0.5, 0.6) is 0 Å². The summed E-state index contributed by atoms with van der Waals surface area (Å²) in [7, 11) is 0. The predicted molar refractivity (Wildman–Crippen MR) is 110 cm³/mol. The number of thioether (sulfide) groups is 1. The van der Waals surface area contributed by atoms with Crippen LogP contribution in [-0.4, -0.2) is 70.3 Å². The minimum Gasteiger partial charge on any atom is -0.378 e. The Morgan fingerprint density at radius 1 is 1.16 bits per heavy atom. The SMILES string of the molecule is O=C(CSc1nnc(N2CCOCC2)n1C1CC1)N(Cc1ccccc1)CC(F)(F)F. The fourth-order valence-electron chi connectivity index (χ4n) is 3.47. The van der Waals surface area contributed by atoms with Gasteiger partial charge in [-0.05, 0) is 18.4 Å². The van der Waals surface area contributed by atoms with Crippen molar-refractivity contribution in [1.29, 1.82) is 0 Å². The van der Waals surface area contributed by atoms with Gasteiger partial charge in [-0.3, -0.25) is 9.36 Å². The third-order valence-electron chi connectivity index (χ3n) is 5.12. The second kappa shape index (κ2) is 9.47. The van der Waals surface area contributed by atoms with Crippen LogP contribution in [0.15, 0.2) is 35.5 Å². The number of rotatable bonds is 8. The fourth-order valence-corrected chi connectivity index (χ4v) is 4.37. The van der Waals surface area contributed by atoms with E-state index in [1.807, 2.05) is 4.57 Å². The maximum atomic E-state index is 13.1. The van der Waals surface area contributed by atoms with Gasteiger partial charge in [-0.1, -0.05) is 42.1 Å². The molecule has 0 radical (unpaired) electrons. The highest BCUT2D eigenvalue weighted by molar-refractivity contribution is 7.99. The maximum Gasteiger partial charge on any atom is 0.406 e. The lowest BCUT2D eigenvalue weighted by Gasteiger charge is -2.28. The highest BCUT2D eigenvalue weighted by Crippen LogP contribution is 2.41. The number of ether oxygens (including phenoxy) is 1. The lowest BCUT2D eigenvalue weighted by molar-refractivity contribution is -0.160. The molecule has 7 nitrogen and oxygen atoms in total. The monoisotopic (exact) mass is 455 g/mol. The molecule has 1 aromatic carbocycles. The molecule has 1 aliphatic carbocycles. The smallest absolute Gasteiger partial charge is 0.378 e. The Kier molecular flexibility index (Phi) is 6.71. The van der Waals surface area contributed by atoms with Gasteiger partial charge >= 0.3 is 6.18 Å². The molecule has 1 amide bonds. The second-order valence-corrected chi connectivity index (χ2v) is 8.56. The zero-order chi connectivity index (χ0) is 21.8. The third-order valence-corrected chi connectivity index (χ3v) is 6.04. The van der Waals surface area contributed by atoms with Crippen LogP contribution < -0.4 is 4.90 Å². The van der Waals surface area contributed by atoms with Crippen molar-refractivity contribution in [1.82, 2.24) is 19.7 Å². The number of nitrogens with zero attached hydrogens (tertiary/aromatic N) is 5.